The molecule has 0 aromatic carbocycles. The molecule has 1 aromatic heterocycles. The Morgan fingerprint density at radius 2 is 2.00 bits per heavy atom. The van der Waals surface area contributed by atoms with E-state index in [0.29, 0.717) is 0 Å². The van der Waals surface area contributed by atoms with Gasteiger partial charge in [-0.1, -0.05) is 0 Å². The third kappa shape index (κ3) is 1.79. The highest BCUT2D eigenvalue weighted by atomic mass is 16.3. The molecule has 3 aliphatic heterocycles. The monoisotopic (exact) mass is 275 g/mol. The molecular weight excluding hydrogens is 254 g/mol. The molecule has 0 spiro atoms. The molecule has 1 unspecified atom stereocenters. The average Bonchev–Trinajstić information content (AvgIpc) is 2.98. The first-order valence-corrected chi connectivity index (χ1v) is 7.79. The quantitative estimate of drug-likeness (QED) is 0.841. The molecule has 0 aliphatic carbocycles. The molecule has 3 aliphatic rings. The highest BCUT2D eigenvalue weighted by Crippen LogP contribution is 2.37. The zero-order valence-corrected chi connectivity index (χ0v) is 11.7. The molecule has 5 nitrogen and oxygen atoms in total. The Hall–Kier alpha value is -1.36. The molecule has 5 heteroatoms. The van der Waals surface area contributed by atoms with Gasteiger partial charge in [0.2, 0.25) is 0 Å². The van der Waals surface area contributed by atoms with Gasteiger partial charge in [-0.05, 0) is 44.9 Å². The van der Waals surface area contributed by atoms with Crippen molar-refractivity contribution in [1.29, 1.82) is 0 Å². The Labute approximate surface area is 118 Å². The van der Waals surface area contributed by atoms with E-state index in [4.69, 9.17) is 0 Å². The number of aryl methyl sites for hydroxylation is 1. The number of carbonyl (C=O) groups excluding carboxylic acids is 1. The second kappa shape index (κ2) is 4.58. The van der Waals surface area contributed by atoms with Crippen molar-refractivity contribution in [3.05, 3.63) is 17.5 Å². The van der Waals surface area contributed by atoms with E-state index >= 15 is 0 Å². The van der Waals surface area contributed by atoms with Gasteiger partial charge in [-0.15, -0.1) is 0 Å². The first-order valence-electron chi connectivity index (χ1n) is 7.79. The third-order valence-corrected chi connectivity index (χ3v) is 5.16. The van der Waals surface area contributed by atoms with E-state index in [1.807, 2.05) is 9.58 Å². The Kier molecular flexibility index (Phi) is 2.84. The van der Waals surface area contributed by atoms with E-state index in [0.717, 1.165) is 62.7 Å². The number of carbonyl (C=O) groups is 1. The summed E-state index contributed by atoms with van der Waals surface area (Å²) >= 11 is 0. The number of aromatic nitrogens is 2. The number of nitrogens with zero attached hydrogens (tertiary/aromatic N) is 3. The molecule has 4 rings (SSSR count). The van der Waals surface area contributed by atoms with Gasteiger partial charge >= 0.3 is 0 Å². The minimum absolute atomic E-state index is 0.146. The molecule has 0 saturated carbocycles. The molecule has 4 heterocycles. The molecule has 2 bridgehead atoms. The normalized spacial score (nSPS) is 32.2. The van der Waals surface area contributed by atoms with Crippen molar-refractivity contribution in [2.24, 2.45) is 0 Å². The topological polar surface area (TPSA) is 58.4 Å². The smallest absolute Gasteiger partial charge is 0.257 e. The first kappa shape index (κ1) is 12.4. The number of piperidine rings is 1. The molecule has 1 N–H and O–H groups in total. The lowest BCUT2D eigenvalue weighted by Gasteiger charge is -2.37. The van der Waals surface area contributed by atoms with E-state index in [9.17, 15) is 9.90 Å². The van der Waals surface area contributed by atoms with Crippen molar-refractivity contribution >= 4 is 5.91 Å². The summed E-state index contributed by atoms with van der Waals surface area (Å²) in [7, 11) is 0. The van der Waals surface area contributed by atoms with Crippen LogP contribution >= 0.6 is 0 Å². The predicted octanol–water partition coefficient (Wildman–Crippen LogP) is 1.35. The van der Waals surface area contributed by atoms with Crippen LogP contribution in [0.1, 0.15) is 54.6 Å². The second-order valence-electron chi connectivity index (χ2n) is 6.41. The summed E-state index contributed by atoms with van der Waals surface area (Å²) in [6.07, 6.45) is 8.37. The summed E-state index contributed by atoms with van der Waals surface area (Å²) in [5.74, 6) is 0.146. The van der Waals surface area contributed by atoms with Crippen LogP contribution in [-0.2, 0) is 13.0 Å². The maximum atomic E-state index is 12.9. The van der Waals surface area contributed by atoms with E-state index in [1.54, 1.807) is 6.20 Å². The van der Waals surface area contributed by atoms with Gasteiger partial charge in [0, 0.05) is 18.6 Å². The Morgan fingerprint density at radius 3 is 2.75 bits per heavy atom. The van der Waals surface area contributed by atoms with Gasteiger partial charge in [0.1, 0.15) is 0 Å². The van der Waals surface area contributed by atoms with Crippen molar-refractivity contribution in [3.63, 3.8) is 0 Å². The Morgan fingerprint density at radius 1 is 1.25 bits per heavy atom. The van der Waals surface area contributed by atoms with E-state index < -0.39 is 0 Å². The Balaban J connectivity index is 1.63. The van der Waals surface area contributed by atoms with Crippen LogP contribution in [0.5, 0.6) is 0 Å². The molecule has 1 amide bonds. The van der Waals surface area contributed by atoms with Gasteiger partial charge in [-0.2, -0.15) is 5.10 Å². The standard InChI is InChI=1S/C15H21N3O2/c19-12-7-10-4-5-11(8-12)18(10)15(20)13-9-16-17-6-2-1-3-14(13)17/h9-12,19H,1-8H2/t10-,11+,12?. The lowest BCUT2D eigenvalue weighted by Crippen LogP contribution is -2.48. The van der Waals surface area contributed by atoms with Crippen molar-refractivity contribution < 1.29 is 9.90 Å². The molecule has 0 radical (unpaired) electrons. The zero-order valence-electron chi connectivity index (χ0n) is 11.7. The fraction of sp³-hybridized carbons (Fsp3) is 0.733. The molecule has 2 saturated heterocycles. The lowest BCUT2D eigenvalue weighted by molar-refractivity contribution is 0.0286. The third-order valence-electron chi connectivity index (χ3n) is 5.16. The molecule has 2 fully saturated rings. The first-order chi connectivity index (χ1) is 9.74. The van der Waals surface area contributed by atoms with E-state index in [2.05, 4.69) is 5.10 Å². The minimum atomic E-state index is -0.224. The zero-order chi connectivity index (χ0) is 13.7. The van der Waals surface area contributed by atoms with Crippen molar-refractivity contribution in [1.82, 2.24) is 14.7 Å². The molecule has 1 aromatic rings. The molecule has 3 atom stereocenters. The fourth-order valence-electron chi connectivity index (χ4n) is 4.22. The van der Waals surface area contributed by atoms with E-state index in [-0.39, 0.29) is 24.1 Å². The number of hydrogen-bond acceptors (Lipinski definition) is 3. The number of fused-ring (bicyclic) bond motifs is 3. The maximum Gasteiger partial charge on any atom is 0.257 e. The van der Waals surface area contributed by atoms with Gasteiger partial charge in [0.25, 0.3) is 5.91 Å². The van der Waals surface area contributed by atoms with Crippen LogP contribution < -0.4 is 0 Å². The highest BCUT2D eigenvalue weighted by Gasteiger charge is 2.43. The second-order valence-corrected chi connectivity index (χ2v) is 6.41. The summed E-state index contributed by atoms with van der Waals surface area (Å²) in [5, 5.41) is 14.2. The van der Waals surface area contributed by atoms with Crippen molar-refractivity contribution in [2.45, 2.75) is 69.7 Å². The van der Waals surface area contributed by atoms with Gasteiger partial charge in [0.05, 0.1) is 23.6 Å². The minimum Gasteiger partial charge on any atom is -0.393 e. The summed E-state index contributed by atoms with van der Waals surface area (Å²) in [6.45, 7) is 0.939. The van der Waals surface area contributed by atoms with Gasteiger partial charge in [-0.25, -0.2) is 0 Å². The number of hydrogen-bond donors (Lipinski definition) is 1. The summed E-state index contributed by atoms with van der Waals surface area (Å²) in [4.78, 5) is 14.9. The molecule has 108 valence electrons. The van der Waals surface area contributed by atoms with Crippen LogP contribution in [0.4, 0.5) is 0 Å². The molecular formula is C15H21N3O2. The van der Waals surface area contributed by atoms with Crippen LogP contribution in [-0.4, -0.2) is 43.9 Å². The SMILES string of the molecule is O=C(c1cnn2c1CCCC2)N1[C@@H]2CC[C@H]1CC(O)C2. The number of aliphatic hydroxyl groups is 1. The number of amides is 1. The van der Waals surface area contributed by atoms with Crippen LogP contribution in [0.2, 0.25) is 0 Å². The fourth-order valence-corrected chi connectivity index (χ4v) is 4.22. The maximum absolute atomic E-state index is 12.9. The number of rotatable bonds is 1. The molecule has 20 heavy (non-hydrogen) atoms. The predicted molar refractivity (Wildman–Crippen MR) is 73.4 cm³/mol. The summed E-state index contributed by atoms with van der Waals surface area (Å²) < 4.78 is 2.00. The van der Waals surface area contributed by atoms with E-state index in [1.165, 1.54) is 0 Å². The lowest BCUT2D eigenvalue weighted by atomic mass is 9.98. The Bertz CT molecular complexity index is 525. The van der Waals surface area contributed by atoms with Crippen LogP contribution in [0.3, 0.4) is 0 Å². The highest BCUT2D eigenvalue weighted by molar-refractivity contribution is 5.96. The largest absolute Gasteiger partial charge is 0.393 e. The van der Waals surface area contributed by atoms with Crippen LogP contribution in [0.15, 0.2) is 6.20 Å². The van der Waals surface area contributed by atoms with Crippen molar-refractivity contribution in [2.75, 3.05) is 0 Å². The van der Waals surface area contributed by atoms with Gasteiger partial charge < -0.3 is 10.0 Å². The van der Waals surface area contributed by atoms with Gasteiger partial charge in [0.15, 0.2) is 0 Å². The summed E-state index contributed by atoms with van der Waals surface area (Å²) in [5.41, 5.74) is 1.92. The van der Waals surface area contributed by atoms with Crippen LogP contribution in [0.25, 0.3) is 0 Å². The number of aliphatic hydroxyl groups excluding tert-OH is 1. The van der Waals surface area contributed by atoms with Gasteiger partial charge in [-0.3, -0.25) is 9.48 Å². The average molecular weight is 275 g/mol. The van der Waals surface area contributed by atoms with Crippen LogP contribution in [0, 0.1) is 0 Å². The van der Waals surface area contributed by atoms with Crippen molar-refractivity contribution in [3.8, 4) is 0 Å². The summed E-state index contributed by atoms with van der Waals surface area (Å²) in [6, 6.07) is 0.464.